The van der Waals surface area contributed by atoms with Crippen molar-refractivity contribution in [3.05, 3.63) is 121 Å². The first-order valence-corrected chi connectivity index (χ1v) is 14.3. The van der Waals surface area contributed by atoms with E-state index >= 15 is 0 Å². The fourth-order valence-electron chi connectivity index (χ4n) is 6.78. The highest BCUT2D eigenvalue weighted by Crippen LogP contribution is 2.44. The lowest BCUT2D eigenvalue weighted by Gasteiger charge is -2.06. The molecule has 0 unspecified atom stereocenters. The maximum Gasteiger partial charge on any atom is 0.137 e. The highest BCUT2D eigenvalue weighted by molar-refractivity contribution is 6.50. The average Bonchev–Trinajstić information content (AvgIpc) is 3.78. The van der Waals surface area contributed by atoms with Crippen LogP contribution in [0.25, 0.3) is 82.2 Å². The lowest BCUT2D eigenvalue weighted by atomic mass is 9.98. The quantitative estimate of drug-likeness (QED) is 0.217. The van der Waals surface area contributed by atoms with Crippen molar-refractivity contribution < 1.29 is 8.83 Å². The molecular formula is C38H21N3O2. The number of benzene rings is 5. The van der Waals surface area contributed by atoms with E-state index < -0.39 is 0 Å². The zero-order valence-electron chi connectivity index (χ0n) is 22.8. The fraction of sp³-hybridized carbons (Fsp3) is 0. The van der Waals surface area contributed by atoms with Crippen molar-refractivity contribution in [2.24, 2.45) is 4.99 Å². The van der Waals surface area contributed by atoms with Crippen LogP contribution in [0.1, 0.15) is 0 Å². The van der Waals surface area contributed by atoms with Crippen molar-refractivity contribution >= 4 is 88.2 Å². The van der Waals surface area contributed by atoms with Gasteiger partial charge in [0.25, 0.3) is 0 Å². The third-order valence-corrected chi connectivity index (χ3v) is 8.78. The van der Waals surface area contributed by atoms with Gasteiger partial charge in [-0.25, -0.2) is 4.99 Å². The van der Waals surface area contributed by atoms with E-state index in [0.29, 0.717) is 11.4 Å². The Morgan fingerprint density at radius 3 is 2.05 bits per heavy atom. The molecule has 0 saturated carbocycles. The first-order valence-electron chi connectivity index (χ1n) is 14.3. The molecule has 0 fully saturated rings. The summed E-state index contributed by atoms with van der Waals surface area (Å²) < 4.78 is 14.6. The van der Waals surface area contributed by atoms with E-state index in [2.05, 4.69) is 77.3 Å². The molecule has 1 N–H and O–H groups in total. The number of nitrogens with one attached hydrogen (secondary N) is 1. The van der Waals surface area contributed by atoms with Gasteiger partial charge in [0, 0.05) is 50.0 Å². The molecule has 0 bridgehead atoms. The van der Waals surface area contributed by atoms with Crippen LogP contribution in [0.5, 0.6) is 0 Å². The summed E-state index contributed by atoms with van der Waals surface area (Å²) in [4.78, 5) is 5.01. The zero-order chi connectivity index (χ0) is 28.2. The molecule has 0 amide bonds. The normalized spacial score (nSPS) is 14.9. The highest BCUT2D eigenvalue weighted by atomic mass is 16.3. The number of allylic oxidation sites excluding steroid dienone is 4. The molecule has 1 aliphatic carbocycles. The fourth-order valence-corrected chi connectivity index (χ4v) is 6.78. The van der Waals surface area contributed by atoms with Crippen molar-refractivity contribution in [3.63, 3.8) is 0 Å². The third kappa shape index (κ3) is 3.11. The Hall–Kier alpha value is -5.94. The van der Waals surface area contributed by atoms with Gasteiger partial charge in [-0.3, -0.25) is 5.41 Å². The van der Waals surface area contributed by atoms with Gasteiger partial charge in [0.2, 0.25) is 0 Å². The second-order valence-corrected chi connectivity index (χ2v) is 11.2. The van der Waals surface area contributed by atoms with Gasteiger partial charge in [-0.1, -0.05) is 54.6 Å². The van der Waals surface area contributed by atoms with Gasteiger partial charge in [-0.2, -0.15) is 0 Å². The Morgan fingerprint density at radius 2 is 1.23 bits per heavy atom. The van der Waals surface area contributed by atoms with E-state index in [1.165, 1.54) is 5.39 Å². The van der Waals surface area contributed by atoms with Crippen LogP contribution in [0.15, 0.2) is 135 Å². The third-order valence-electron chi connectivity index (χ3n) is 8.78. The van der Waals surface area contributed by atoms with Gasteiger partial charge in [0.1, 0.15) is 22.3 Å². The first kappa shape index (κ1) is 22.7. The minimum Gasteiger partial charge on any atom is -0.456 e. The molecule has 0 spiro atoms. The minimum absolute atomic E-state index is 0.401. The molecule has 5 aromatic carbocycles. The van der Waals surface area contributed by atoms with Gasteiger partial charge in [0.05, 0.1) is 28.1 Å². The predicted octanol–water partition coefficient (Wildman–Crippen LogP) is 10.4. The largest absolute Gasteiger partial charge is 0.456 e. The number of furan rings is 2. The van der Waals surface area contributed by atoms with Crippen LogP contribution < -0.4 is 0 Å². The van der Waals surface area contributed by atoms with Crippen molar-refractivity contribution in [2.45, 2.75) is 0 Å². The Kier molecular flexibility index (Phi) is 4.27. The van der Waals surface area contributed by atoms with Gasteiger partial charge in [0.15, 0.2) is 0 Å². The summed E-state index contributed by atoms with van der Waals surface area (Å²) in [5.74, 6) is 0. The Morgan fingerprint density at radius 1 is 0.558 bits per heavy atom. The summed E-state index contributed by atoms with van der Waals surface area (Å²) in [7, 11) is 0. The summed E-state index contributed by atoms with van der Waals surface area (Å²) in [6.45, 7) is 0. The van der Waals surface area contributed by atoms with Crippen LogP contribution in [0.4, 0.5) is 5.69 Å². The molecule has 5 heteroatoms. The van der Waals surface area contributed by atoms with Crippen LogP contribution in [0.3, 0.4) is 0 Å². The molecule has 9 aromatic rings. The molecule has 5 nitrogen and oxygen atoms in total. The van der Waals surface area contributed by atoms with Gasteiger partial charge >= 0.3 is 0 Å². The number of rotatable bonds is 2. The zero-order valence-corrected chi connectivity index (χ0v) is 22.8. The van der Waals surface area contributed by atoms with Crippen molar-refractivity contribution in [1.82, 2.24) is 4.40 Å². The summed E-state index contributed by atoms with van der Waals surface area (Å²) in [5, 5.41) is 16.2. The smallest absolute Gasteiger partial charge is 0.137 e. The standard InChI is InChI=1S/C38H21N3O2/c39-30-9-3-4-10-31(30)40-32-20-41-33-19-37-27(24-8-2-6-12-35(24)43-37)18-25(33)28-16-22(17-29(32)38(28)41)21-13-14-36-26(15-21)23-7-1-5-11-34(23)42-36/h1-20,39H. The van der Waals surface area contributed by atoms with Crippen molar-refractivity contribution in [3.8, 4) is 11.1 Å². The van der Waals surface area contributed by atoms with Crippen LogP contribution in [-0.4, -0.2) is 15.8 Å². The molecule has 4 aromatic heterocycles. The maximum atomic E-state index is 8.43. The van der Waals surface area contributed by atoms with E-state index in [4.69, 9.17) is 19.2 Å². The summed E-state index contributed by atoms with van der Waals surface area (Å²) in [5.41, 5.74) is 9.80. The van der Waals surface area contributed by atoms with E-state index in [-0.39, 0.29) is 0 Å². The second kappa shape index (κ2) is 8.08. The summed E-state index contributed by atoms with van der Waals surface area (Å²) >= 11 is 0. The van der Waals surface area contributed by atoms with Gasteiger partial charge in [-0.05, 0) is 65.7 Å². The summed E-state index contributed by atoms with van der Waals surface area (Å²) in [6, 6.07) is 31.8. The van der Waals surface area contributed by atoms with Crippen LogP contribution >= 0.6 is 0 Å². The van der Waals surface area contributed by atoms with Crippen LogP contribution in [-0.2, 0) is 0 Å². The molecule has 200 valence electrons. The Bertz CT molecular complexity index is 2750. The van der Waals surface area contributed by atoms with E-state index in [1.807, 2.05) is 42.5 Å². The Balaban J connectivity index is 1.30. The molecule has 0 aliphatic heterocycles. The number of aromatic nitrogens is 1. The maximum absolute atomic E-state index is 8.43. The topological polar surface area (TPSA) is 66.9 Å². The Labute approximate surface area is 244 Å². The lowest BCUT2D eigenvalue weighted by Crippen LogP contribution is -2.08. The SMILES string of the molecule is N=C1C=CC=CC1=Nc1cn2c3cc4oc5ccccc5c4cc3c3cc(-c4ccc5oc6ccccc6c5c4)cc1c32. The predicted molar refractivity (Wildman–Crippen MR) is 177 cm³/mol. The summed E-state index contributed by atoms with van der Waals surface area (Å²) in [6.07, 6.45) is 9.56. The molecule has 43 heavy (non-hydrogen) atoms. The molecular weight excluding hydrogens is 530 g/mol. The molecule has 0 atom stereocenters. The van der Waals surface area contributed by atoms with Crippen molar-refractivity contribution in [1.29, 1.82) is 5.41 Å². The molecule has 1 aliphatic rings. The highest BCUT2D eigenvalue weighted by Gasteiger charge is 2.21. The van der Waals surface area contributed by atoms with Crippen LogP contribution in [0, 0.1) is 5.41 Å². The number of fused-ring (bicyclic) bond motifs is 9. The number of hydrogen-bond donors (Lipinski definition) is 1. The second-order valence-electron chi connectivity index (χ2n) is 11.2. The van der Waals surface area contributed by atoms with E-state index in [9.17, 15) is 0 Å². The molecule has 4 heterocycles. The minimum atomic E-state index is 0.401. The number of para-hydroxylation sites is 2. The average molecular weight is 552 g/mol. The number of hydrogen-bond acceptors (Lipinski definition) is 4. The van der Waals surface area contributed by atoms with Crippen LogP contribution in [0.2, 0.25) is 0 Å². The van der Waals surface area contributed by atoms with Crippen molar-refractivity contribution in [2.75, 3.05) is 0 Å². The lowest BCUT2D eigenvalue weighted by molar-refractivity contribution is 0.668. The molecule has 0 radical (unpaired) electrons. The number of aliphatic imine (C=N–C) groups is 1. The number of nitrogens with zero attached hydrogens (tertiary/aromatic N) is 2. The monoisotopic (exact) mass is 551 g/mol. The van der Waals surface area contributed by atoms with Gasteiger partial charge in [-0.15, -0.1) is 0 Å². The first-order chi connectivity index (χ1) is 21.2. The molecule has 10 rings (SSSR count). The molecule has 0 saturated heterocycles. The van der Waals surface area contributed by atoms with E-state index in [0.717, 1.165) is 82.5 Å². The van der Waals surface area contributed by atoms with Gasteiger partial charge < -0.3 is 13.2 Å². The van der Waals surface area contributed by atoms with E-state index in [1.54, 1.807) is 6.08 Å².